The van der Waals surface area contributed by atoms with E-state index in [4.69, 9.17) is 4.42 Å². The number of rotatable bonds is 1. The average molecular weight is 329 g/mol. The predicted molar refractivity (Wildman–Crippen MR) is 75.6 cm³/mol. The summed E-state index contributed by atoms with van der Waals surface area (Å²) in [7, 11) is 0. The van der Waals surface area contributed by atoms with Crippen LogP contribution in [0.1, 0.15) is 29.0 Å². The third kappa shape index (κ3) is 2.80. The first-order valence-electron chi connectivity index (χ1n) is 7.32. The van der Waals surface area contributed by atoms with E-state index in [1.54, 1.807) is 13.0 Å². The number of nitrogens with zero attached hydrogens (tertiary/aromatic N) is 1. The number of aryl methyl sites for hydroxylation is 1. The molecule has 1 fully saturated rings. The molecule has 2 aromatic rings. The summed E-state index contributed by atoms with van der Waals surface area (Å²) in [6, 6.07) is 4.32. The Labute approximate surface area is 129 Å². The van der Waals surface area contributed by atoms with Gasteiger partial charge in [-0.05, 0) is 25.8 Å². The minimum atomic E-state index is -4.33. The van der Waals surface area contributed by atoms with Crippen molar-refractivity contribution < 1.29 is 26.8 Å². The van der Waals surface area contributed by atoms with E-state index in [9.17, 15) is 22.4 Å². The molecule has 124 valence electrons. The van der Waals surface area contributed by atoms with Crippen molar-refractivity contribution in [1.82, 2.24) is 4.90 Å². The number of fused-ring (bicyclic) bond motifs is 1. The molecule has 0 N–H and O–H groups in total. The van der Waals surface area contributed by atoms with Crippen LogP contribution in [0.4, 0.5) is 17.6 Å². The Balaban J connectivity index is 1.91. The minimum absolute atomic E-state index is 0.0149. The van der Waals surface area contributed by atoms with Crippen LogP contribution in [0.5, 0.6) is 0 Å². The number of carbonyl (C=O) groups is 1. The van der Waals surface area contributed by atoms with Crippen molar-refractivity contribution in [2.24, 2.45) is 5.92 Å². The van der Waals surface area contributed by atoms with Gasteiger partial charge in [-0.25, -0.2) is 4.39 Å². The highest BCUT2D eigenvalue weighted by atomic mass is 19.4. The quantitative estimate of drug-likeness (QED) is 0.731. The van der Waals surface area contributed by atoms with Gasteiger partial charge in [-0.3, -0.25) is 4.79 Å². The highest BCUT2D eigenvalue weighted by Gasteiger charge is 2.43. The number of furan rings is 1. The molecule has 0 radical (unpaired) electrons. The molecule has 1 amide bonds. The molecule has 1 aliphatic rings. The molecule has 0 aliphatic carbocycles. The molecule has 0 bridgehead atoms. The van der Waals surface area contributed by atoms with Crippen molar-refractivity contribution in [2.75, 3.05) is 13.1 Å². The van der Waals surface area contributed by atoms with Gasteiger partial charge in [0, 0.05) is 24.0 Å². The fourth-order valence-electron chi connectivity index (χ4n) is 2.99. The second-order valence-electron chi connectivity index (χ2n) is 5.80. The second-order valence-corrected chi connectivity index (χ2v) is 5.80. The molecule has 0 spiro atoms. The van der Waals surface area contributed by atoms with Crippen molar-refractivity contribution in [3.63, 3.8) is 0 Å². The number of piperidine rings is 1. The summed E-state index contributed by atoms with van der Waals surface area (Å²) in [5.74, 6) is -2.84. The monoisotopic (exact) mass is 329 g/mol. The first kappa shape index (κ1) is 15.8. The van der Waals surface area contributed by atoms with E-state index < -0.39 is 23.8 Å². The fourth-order valence-corrected chi connectivity index (χ4v) is 2.99. The molecule has 1 aromatic carbocycles. The Morgan fingerprint density at radius 1 is 1.35 bits per heavy atom. The van der Waals surface area contributed by atoms with Gasteiger partial charge in [-0.2, -0.15) is 13.2 Å². The molecule has 3 rings (SSSR count). The molecule has 7 heteroatoms. The lowest BCUT2D eigenvalue weighted by Crippen LogP contribution is -2.44. The molecule has 1 aliphatic heterocycles. The Kier molecular flexibility index (Phi) is 3.82. The molecule has 1 unspecified atom stereocenters. The Hall–Kier alpha value is -2.05. The van der Waals surface area contributed by atoms with E-state index in [1.807, 2.05) is 0 Å². The highest BCUT2D eigenvalue weighted by molar-refractivity contribution is 5.99. The van der Waals surface area contributed by atoms with E-state index in [1.165, 1.54) is 12.1 Å². The zero-order valence-corrected chi connectivity index (χ0v) is 12.4. The summed E-state index contributed by atoms with van der Waals surface area (Å²) in [5.41, 5.74) is 0.399. The maximum Gasteiger partial charge on any atom is 0.393 e. The zero-order valence-electron chi connectivity index (χ0n) is 12.4. The summed E-state index contributed by atoms with van der Waals surface area (Å²) in [6.07, 6.45) is -4.03. The lowest BCUT2D eigenvalue weighted by Gasteiger charge is -2.33. The van der Waals surface area contributed by atoms with Crippen LogP contribution in [0.2, 0.25) is 0 Å². The van der Waals surface area contributed by atoms with Crippen LogP contribution in [0.3, 0.4) is 0 Å². The van der Waals surface area contributed by atoms with Crippen LogP contribution in [0, 0.1) is 18.7 Å². The number of likely N-dealkylation sites (tertiary alicyclic amines) is 1. The third-order valence-corrected chi connectivity index (χ3v) is 4.28. The number of benzene rings is 1. The van der Waals surface area contributed by atoms with Crippen molar-refractivity contribution in [3.05, 3.63) is 35.3 Å². The minimum Gasteiger partial charge on any atom is -0.448 e. The number of para-hydroxylation sites is 1. The SMILES string of the molecule is Cc1c(C(=O)N2CCCC(C(F)(F)F)C2)oc2c(F)cccc12. The van der Waals surface area contributed by atoms with E-state index in [2.05, 4.69) is 0 Å². The summed E-state index contributed by atoms with van der Waals surface area (Å²) >= 11 is 0. The fraction of sp³-hybridized carbons (Fsp3) is 0.438. The first-order valence-corrected chi connectivity index (χ1v) is 7.32. The summed E-state index contributed by atoms with van der Waals surface area (Å²) < 4.78 is 57.7. The van der Waals surface area contributed by atoms with Crippen LogP contribution >= 0.6 is 0 Å². The van der Waals surface area contributed by atoms with Crippen LogP contribution in [-0.4, -0.2) is 30.1 Å². The summed E-state index contributed by atoms with van der Waals surface area (Å²) in [5, 5.41) is 0.456. The normalized spacial score (nSPS) is 19.3. The number of hydrogen-bond acceptors (Lipinski definition) is 2. The van der Waals surface area contributed by atoms with Crippen molar-refractivity contribution in [3.8, 4) is 0 Å². The van der Waals surface area contributed by atoms with E-state index in [0.717, 1.165) is 4.90 Å². The second kappa shape index (κ2) is 5.54. The van der Waals surface area contributed by atoms with E-state index in [0.29, 0.717) is 10.9 Å². The van der Waals surface area contributed by atoms with Gasteiger partial charge in [0.2, 0.25) is 0 Å². The smallest absolute Gasteiger partial charge is 0.393 e. The molecular weight excluding hydrogens is 314 g/mol. The molecule has 1 atom stereocenters. The van der Waals surface area contributed by atoms with Gasteiger partial charge in [0.15, 0.2) is 17.2 Å². The molecule has 1 saturated heterocycles. The van der Waals surface area contributed by atoms with Gasteiger partial charge < -0.3 is 9.32 Å². The Morgan fingerprint density at radius 2 is 2.09 bits per heavy atom. The number of hydrogen-bond donors (Lipinski definition) is 0. The molecule has 3 nitrogen and oxygen atoms in total. The van der Waals surface area contributed by atoms with Gasteiger partial charge in [0.1, 0.15) is 0 Å². The maximum atomic E-state index is 13.7. The number of alkyl halides is 3. The van der Waals surface area contributed by atoms with Crippen molar-refractivity contribution >= 4 is 16.9 Å². The molecule has 1 aromatic heterocycles. The van der Waals surface area contributed by atoms with Gasteiger partial charge in [-0.1, -0.05) is 12.1 Å². The summed E-state index contributed by atoms with van der Waals surface area (Å²) in [4.78, 5) is 13.7. The number of amides is 1. The van der Waals surface area contributed by atoms with Crippen LogP contribution in [0.25, 0.3) is 11.0 Å². The number of halogens is 4. The Morgan fingerprint density at radius 3 is 2.74 bits per heavy atom. The lowest BCUT2D eigenvalue weighted by molar-refractivity contribution is -0.184. The lowest BCUT2D eigenvalue weighted by atomic mass is 9.97. The number of carbonyl (C=O) groups excluding carboxylic acids is 1. The topological polar surface area (TPSA) is 33.5 Å². The molecule has 2 heterocycles. The van der Waals surface area contributed by atoms with Crippen LogP contribution in [-0.2, 0) is 0 Å². The predicted octanol–water partition coefficient (Wildman–Crippen LogP) is 4.29. The average Bonchev–Trinajstić information content (AvgIpc) is 2.85. The van der Waals surface area contributed by atoms with Crippen molar-refractivity contribution in [2.45, 2.75) is 25.9 Å². The zero-order chi connectivity index (χ0) is 16.8. The van der Waals surface area contributed by atoms with E-state index >= 15 is 0 Å². The molecule has 23 heavy (non-hydrogen) atoms. The highest BCUT2D eigenvalue weighted by Crippen LogP contribution is 2.34. The van der Waals surface area contributed by atoms with Gasteiger partial charge in [0.05, 0.1) is 5.92 Å². The maximum absolute atomic E-state index is 13.7. The van der Waals surface area contributed by atoms with Gasteiger partial charge in [0.25, 0.3) is 5.91 Å². The van der Waals surface area contributed by atoms with Gasteiger partial charge in [-0.15, -0.1) is 0 Å². The first-order chi connectivity index (χ1) is 10.8. The van der Waals surface area contributed by atoms with E-state index in [-0.39, 0.29) is 37.3 Å². The molecule has 0 saturated carbocycles. The third-order valence-electron chi connectivity index (χ3n) is 4.28. The van der Waals surface area contributed by atoms with Crippen LogP contribution in [0.15, 0.2) is 22.6 Å². The molecular formula is C16H15F4NO2. The summed E-state index contributed by atoms with van der Waals surface area (Å²) in [6.45, 7) is 1.45. The van der Waals surface area contributed by atoms with Crippen LogP contribution < -0.4 is 0 Å². The Bertz CT molecular complexity index is 750. The van der Waals surface area contributed by atoms with Crippen molar-refractivity contribution in [1.29, 1.82) is 0 Å². The largest absolute Gasteiger partial charge is 0.448 e. The standard InChI is InChI=1S/C16H15F4NO2/c1-9-11-5-2-6-12(17)14(11)23-13(9)15(22)21-7-3-4-10(8-21)16(18,19)20/h2,5-6,10H,3-4,7-8H2,1H3. The van der Waals surface area contributed by atoms with Gasteiger partial charge >= 0.3 is 6.18 Å².